The minimum absolute atomic E-state index is 0.321. The van der Waals surface area contributed by atoms with Crippen molar-refractivity contribution in [2.24, 2.45) is 5.90 Å². The van der Waals surface area contributed by atoms with Crippen molar-refractivity contribution in [1.29, 1.82) is 0 Å². The summed E-state index contributed by atoms with van der Waals surface area (Å²) in [7, 11) is 2.01. The number of nitrogens with zero attached hydrogens (tertiary/aromatic N) is 1. The van der Waals surface area contributed by atoms with E-state index < -0.39 is 0 Å². The zero-order valence-corrected chi connectivity index (χ0v) is 8.85. The van der Waals surface area contributed by atoms with E-state index in [1.54, 1.807) is 0 Å². The van der Waals surface area contributed by atoms with Crippen LogP contribution in [0, 0.1) is 0 Å². The second-order valence-corrected chi connectivity index (χ2v) is 3.28. The lowest BCUT2D eigenvalue weighted by Gasteiger charge is -2.25. The second-order valence-electron chi connectivity index (χ2n) is 3.28. The summed E-state index contributed by atoms with van der Waals surface area (Å²) in [5.74, 6) is 5.31. The summed E-state index contributed by atoms with van der Waals surface area (Å²) < 4.78 is 2.09. The Morgan fingerprint density at radius 1 is 1.33 bits per heavy atom. The van der Waals surface area contributed by atoms with Crippen molar-refractivity contribution in [3.05, 3.63) is 0 Å². The first-order chi connectivity index (χ1) is 5.54. The Balaban J connectivity index is 4.84. The highest BCUT2D eigenvalue weighted by Gasteiger charge is 2.36. The lowest BCUT2D eigenvalue weighted by molar-refractivity contribution is -0.645. The van der Waals surface area contributed by atoms with E-state index in [4.69, 9.17) is 10.7 Å². The molecule has 0 aromatic carbocycles. The maximum Gasteiger partial charge on any atom is 0.282 e. The van der Waals surface area contributed by atoms with Gasteiger partial charge in [0.1, 0.15) is 12.8 Å². The molecule has 72 valence electrons. The van der Waals surface area contributed by atoms with Gasteiger partial charge < -0.3 is 0 Å². The summed E-state index contributed by atoms with van der Waals surface area (Å²) in [6, 6.07) is 0. The molecule has 0 aromatic heterocycles. The van der Waals surface area contributed by atoms with Gasteiger partial charge in [0.2, 0.25) is 0 Å². The number of hydrogen-bond donors (Lipinski definition) is 1. The van der Waals surface area contributed by atoms with Gasteiger partial charge in [-0.15, -0.1) is 0 Å². The van der Waals surface area contributed by atoms with E-state index in [-0.39, 0.29) is 5.72 Å². The highest BCUT2D eigenvalue weighted by Crippen LogP contribution is 2.18. The van der Waals surface area contributed by atoms with Crippen molar-refractivity contribution < 1.29 is 9.41 Å². The standard InChI is InChI=1S/C9H21N2O/c1-6-9(7-2,12-10)11(5)8(3)4/h6-7,10H2,1-5H3/q+1. The van der Waals surface area contributed by atoms with E-state index >= 15 is 0 Å². The molecule has 0 aromatic rings. The van der Waals surface area contributed by atoms with Crippen LogP contribution in [0.3, 0.4) is 0 Å². The lowest BCUT2D eigenvalue weighted by Crippen LogP contribution is -2.46. The fourth-order valence-electron chi connectivity index (χ4n) is 1.38. The average molecular weight is 173 g/mol. The van der Waals surface area contributed by atoms with Crippen LogP contribution in [0.1, 0.15) is 40.5 Å². The molecule has 0 amide bonds. The molecule has 0 unspecified atom stereocenters. The molecule has 0 saturated heterocycles. The van der Waals surface area contributed by atoms with Gasteiger partial charge in [0.15, 0.2) is 0 Å². The van der Waals surface area contributed by atoms with Crippen LogP contribution in [0.4, 0.5) is 0 Å². The number of nitrogens with two attached hydrogens (primary N) is 1. The van der Waals surface area contributed by atoms with Crippen molar-refractivity contribution in [2.75, 3.05) is 7.05 Å². The molecule has 0 heterocycles. The molecule has 0 spiro atoms. The van der Waals surface area contributed by atoms with Gasteiger partial charge in [-0.1, -0.05) is 13.8 Å². The zero-order chi connectivity index (χ0) is 9.78. The SMILES string of the molecule is CCC(CC)(ON)[N+](C)=C(C)C. The molecule has 0 rings (SSSR count). The van der Waals surface area contributed by atoms with Gasteiger partial charge in [0.05, 0.1) is 0 Å². The molecule has 0 bridgehead atoms. The van der Waals surface area contributed by atoms with E-state index in [0.717, 1.165) is 12.8 Å². The normalized spacial score (nSPS) is 11.5. The predicted molar refractivity (Wildman–Crippen MR) is 51.1 cm³/mol. The molecule has 2 N–H and O–H groups in total. The molecule has 0 fully saturated rings. The van der Waals surface area contributed by atoms with E-state index in [2.05, 4.69) is 32.3 Å². The van der Waals surface area contributed by atoms with Crippen molar-refractivity contribution in [3.8, 4) is 0 Å². The Morgan fingerprint density at radius 2 is 1.75 bits per heavy atom. The third-order valence-corrected chi connectivity index (χ3v) is 2.61. The Kier molecular flexibility index (Phi) is 4.42. The Labute approximate surface area is 75.2 Å². The summed E-state index contributed by atoms with van der Waals surface area (Å²) in [6.45, 7) is 8.27. The van der Waals surface area contributed by atoms with Gasteiger partial charge in [-0.3, -0.25) is 0 Å². The number of rotatable bonds is 4. The van der Waals surface area contributed by atoms with Crippen LogP contribution in [0.15, 0.2) is 0 Å². The quantitative estimate of drug-likeness (QED) is 0.303. The van der Waals surface area contributed by atoms with Gasteiger partial charge in [-0.05, 0) is 0 Å². The smallest absolute Gasteiger partial charge is 0.234 e. The van der Waals surface area contributed by atoms with Crippen LogP contribution in [0.2, 0.25) is 0 Å². The van der Waals surface area contributed by atoms with Crippen molar-refractivity contribution in [2.45, 2.75) is 46.3 Å². The van der Waals surface area contributed by atoms with Gasteiger partial charge >= 0.3 is 0 Å². The third-order valence-electron chi connectivity index (χ3n) is 2.61. The molecule has 0 saturated carbocycles. The Hall–Kier alpha value is -0.410. The first-order valence-corrected chi connectivity index (χ1v) is 4.46. The Morgan fingerprint density at radius 3 is 1.83 bits per heavy atom. The second kappa shape index (κ2) is 4.58. The summed E-state index contributed by atoms with van der Waals surface area (Å²) in [5.41, 5.74) is 0.892. The van der Waals surface area contributed by atoms with Gasteiger partial charge in [0.25, 0.3) is 5.72 Å². The summed E-state index contributed by atoms with van der Waals surface area (Å²) in [4.78, 5) is 5.06. The molecule has 0 radical (unpaired) electrons. The van der Waals surface area contributed by atoms with E-state index in [0.29, 0.717) is 0 Å². The van der Waals surface area contributed by atoms with Crippen LogP contribution < -0.4 is 5.90 Å². The molecule has 0 aliphatic carbocycles. The summed E-state index contributed by atoms with van der Waals surface area (Å²) in [5, 5.41) is 0. The van der Waals surface area contributed by atoms with Crippen molar-refractivity contribution in [3.63, 3.8) is 0 Å². The fourth-order valence-corrected chi connectivity index (χ4v) is 1.38. The lowest BCUT2D eigenvalue weighted by atomic mass is 10.1. The molecule has 12 heavy (non-hydrogen) atoms. The van der Waals surface area contributed by atoms with Crippen molar-refractivity contribution >= 4 is 5.71 Å². The minimum Gasteiger partial charge on any atom is -0.234 e. The van der Waals surface area contributed by atoms with E-state index in [1.165, 1.54) is 5.71 Å². The summed E-state index contributed by atoms with van der Waals surface area (Å²) >= 11 is 0. The number of hydrogen-bond acceptors (Lipinski definition) is 2. The monoisotopic (exact) mass is 173 g/mol. The molecule has 0 atom stereocenters. The topological polar surface area (TPSA) is 38.3 Å². The van der Waals surface area contributed by atoms with Crippen molar-refractivity contribution in [1.82, 2.24) is 0 Å². The average Bonchev–Trinajstić information content (AvgIpc) is 2.08. The largest absolute Gasteiger partial charge is 0.282 e. The van der Waals surface area contributed by atoms with E-state index in [9.17, 15) is 0 Å². The first kappa shape index (κ1) is 11.6. The van der Waals surface area contributed by atoms with Gasteiger partial charge in [0, 0.05) is 26.7 Å². The third kappa shape index (κ3) is 2.05. The highest BCUT2D eigenvalue weighted by molar-refractivity contribution is 5.73. The van der Waals surface area contributed by atoms with Crippen LogP contribution in [-0.2, 0) is 4.84 Å². The maximum absolute atomic E-state index is 5.31. The molecule has 0 aliphatic rings. The first-order valence-electron chi connectivity index (χ1n) is 4.46. The molecular weight excluding hydrogens is 152 g/mol. The van der Waals surface area contributed by atoms with E-state index in [1.807, 2.05) is 7.05 Å². The predicted octanol–water partition coefficient (Wildman–Crippen LogP) is 1.52. The zero-order valence-electron chi connectivity index (χ0n) is 8.85. The fraction of sp³-hybridized carbons (Fsp3) is 0.889. The summed E-state index contributed by atoms with van der Waals surface area (Å²) in [6.07, 6.45) is 1.78. The molecule has 3 nitrogen and oxygen atoms in total. The van der Waals surface area contributed by atoms with Gasteiger partial charge in [-0.2, -0.15) is 0 Å². The van der Waals surface area contributed by atoms with Crippen LogP contribution in [0.25, 0.3) is 0 Å². The van der Waals surface area contributed by atoms with Crippen LogP contribution >= 0.6 is 0 Å². The minimum atomic E-state index is -0.321. The molecule has 0 aliphatic heterocycles. The maximum atomic E-state index is 5.31. The molecular formula is C9H21N2O+. The van der Waals surface area contributed by atoms with Crippen LogP contribution in [-0.4, -0.2) is 23.1 Å². The molecule has 3 heteroatoms. The van der Waals surface area contributed by atoms with Gasteiger partial charge in [-0.25, -0.2) is 15.3 Å². The highest BCUT2D eigenvalue weighted by atomic mass is 16.6. The van der Waals surface area contributed by atoms with Crippen LogP contribution in [0.5, 0.6) is 0 Å². The Bertz CT molecular complexity index is 159.